The van der Waals surface area contributed by atoms with Crippen LogP contribution >= 0.6 is 34.7 Å². The van der Waals surface area contributed by atoms with Crippen molar-refractivity contribution in [1.29, 1.82) is 0 Å². The molecule has 3 aromatic rings. The molecule has 0 aliphatic carbocycles. The molecular formula is C14H14ClN5O2S2. The number of thioether (sulfide) groups is 1. The first-order chi connectivity index (χ1) is 11.7. The zero-order valence-electron chi connectivity index (χ0n) is 12.7. The Morgan fingerprint density at radius 2 is 2.04 bits per heavy atom. The summed E-state index contributed by atoms with van der Waals surface area (Å²) < 4.78 is 11.5. The van der Waals surface area contributed by atoms with Crippen LogP contribution in [0.2, 0.25) is 5.02 Å². The summed E-state index contributed by atoms with van der Waals surface area (Å²) in [6, 6.07) is 7.26. The number of nitrogens with one attached hydrogen (secondary N) is 1. The lowest BCUT2D eigenvalue weighted by Gasteiger charge is -1.98. The summed E-state index contributed by atoms with van der Waals surface area (Å²) in [5.74, 6) is 1.54. The fraction of sp³-hybridized carbons (Fsp3) is 0.286. The van der Waals surface area contributed by atoms with Gasteiger partial charge in [0.25, 0.3) is 0 Å². The van der Waals surface area contributed by atoms with Crippen LogP contribution in [0.1, 0.15) is 5.89 Å². The summed E-state index contributed by atoms with van der Waals surface area (Å²) in [7, 11) is 1.66. The molecule has 7 nitrogen and oxygen atoms in total. The van der Waals surface area contributed by atoms with E-state index in [0.717, 1.165) is 15.0 Å². The zero-order chi connectivity index (χ0) is 16.8. The molecule has 0 aliphatic heterocycles. The van der Waals surface area contributed by atoms with Crippen molar-refractivity contribution in [3.05, 3.63) is 35.2 Å². The van der Waals surface area contributed by atoms with E-state index in [2.05, 4.69) is 25.7 Å². The van der Waals surface area contributed by atoms with E-state index in [-0.39, 0.29) is 0 Å². The van der Waals surface area contributed by atoms with Gasteiger partial charge in [-0.05, 0) is 24.3 Å². The number of hydrogen-bond donors (Lipinski definition) is 1. The Bertz CT molecular complexity index is 778. The van der Waals surface area contributed by atoms with Crippen LogP contribution in [0.25, 0.3) is 11.5 Å². The highest BCUT2D eigenvalue weighted by Gasteiger charge is 2.11. The fourth-order valence-corrected chi connectivity index (χ4v) is 3.48. The van der Waals surface area contributed by atoms with Gasteiger partial charge in [-0.3, -0.25) is 0 Å². The Balaban J connectivity index is 1.54. The second kappa shape index (κ2) is 8.43. The van der Waals surface area contributed by atoms with Crippen LogP contribution < -0.4 is 5.32 Å². The highest BCUT2D eigenvalue weighted by molar-refractivity contribution is 8.00. The van der Waals surface area contributed by atoms with E-state index >= 15 is 0 Å². The number of methoxy groups -OCH3 is 1. The van der Waals surface area contributed by atoms with E-state index < -0.39 is 0 Å². The Morgan fingerprint density at radius 1 is 1.21 bits per heavy atom. The van der Waals surface area contributed by atoms with Crippen molar-refractivity contribution in [2.45, 2.75) is 10.1 Å². The van der Waals surface area contributed by atoms with Gasteiger partial charge >= 0.3 is 0 Å². The highest BCUT2D eigenvalue weighted by atomic mass is 35.5. The molecule has 0 amide bonds. The first-order valence-corrected chi connectivity index (χ1v) is 9.20. The lowest BCUT2D eigenvalue weighted by atomic mass is 10.2. The maximum absolute atomic E-state index is 5.87. The van der Waals surface area contributed by atoms with Crippen LogP contribution in [0.5, 0.6) is 0 Å². The largest absolute Gasteiger partial charge is 0.420 e. The number of halogens is 1. The van der Waals surface area contributed by atoms with Gasteiger partial charge in [0.1, 0.15) is 0 Å². The summed E-state index contributed by atoms with van der Waals surface area (Å²) in [5.41, 5.74) is 0.837. The minimum atomic E-state index is 0.474. The van der Waals surface area contributed by atoms with Crippen molar-refractivity contribution in [1.82, 2.24) is 20.4 Å². The van der Waals surface area contributed by atoms with Crippen molar-refractivity contribution < 1.29 is 9.15 Å². The molecule has 0 saturated heterocycles. The number of rotatable bonds is 8. The van der Waals surface area contributed by atoms with Crippen LogP contribution in [0.15, 0.2) is 33.0 Å². The zero-order valence-corrected chi connectivity index (χ0v) is 15.1. The van der Waals surface area contributed by atoms with Crippen LogP contribution in [0, 0.1) is 0 Å². The predicted octanol–water partition coefficient (Wildman–Crippen LogP) is 3.59. The number of hydrogen-bond acceptors (Lipinski definition) is 9. The van der Waals surface area contributed by atoms with Crippen LogP contribution in [-0.2, 0) is 10.5 Å². The van der Waals surface area contributed by atoms with Gasteiger partial charge in [-0.1, -0.05) is 34.7 Å². The molecule has 0 aliphatic rings. The number of anilines is 1. The first-order valence-electron chi connectivity index (χ1n) is 7.02. The minimum absolute atomic E-state index is 0.474. The maximum atomic E-state index is 5.87. The number of nitrogens with zero attached hydrogens (tertiary/aromatic N) is 4. The Labute approximate surface area is 151 Å². The molecule has 10 heteroatoms. The number of aromatic nitrogens is 4. The fourth-order valence-electron chi connectivity index (χ4n) is 1.74. The van der Waals surface area contributed by atoms with Gasteiger partial charge in [0.15, 0.2) is 4.34 Å². The first kappa shape index (κ1) is 17.2. The van der Waals surface area contributed by atoms with Gasteiger partial charge in [0, 0.05) is 24.2 Å². The normalized spacial score (nSPS) is 10.9. The molecule has 126 valence electrons. The van der Waals surface area contributed by atoms with E-state index in [4.69, 9.17) is 20.8 Å². The monoisotopic (exact) mass is 383 g/mol. The van der Waals surface area contributed by atoms with Gasteiger partial charge in [-0.25, -0.2) is 0 Å². The summed E-state index contributed by atoms with van der Waals surface area (Å²) >= 11 is 8.85. The van der Waals surface area contributed by atoms with Gasteiger partial charge in [0.2, 0.25) is 16.9 Å². The van der Waals surface area contributed by atoms with Crippen molar-refractivity contribution in [3.8, 4) is 11.5 Å². The van der Waals surface area contributed by atoms with E-state index in [0.29, 0.717) is 35.7 Å². The molecule has 0 spiro atoms. The van der Waals surface area contributed by atoms with Crippen molar-refractivity contribution >= 4 is 39.8 Å². The Morgan fingerprint density at radius 3 is 2.83 bits per heavy atom. The van der Waals surface area contributed by atoms with E-state index in [9.17, 15) is 0 Å². The van der Waals surface area contributed by atoms with Crippen molar-refractivity contribution in [2.75, 3.05) is 25.6 Å². The average molecular weight is 384 g/mol. The molecule has 24 heavy (non-hydrogen) atoms. The van der Waals surface area contributed by atoms with Gasteiger partial charge in [-0.15, -0.1) is 20.4 Å². The molecule has 2 aromatic heterocycles. The quantitative estimate of drug-likeness (QED) is 0.466. The van der Waals surface area contributed by atoms with Crippen LogP contribution in [0.4, 0.5) is 5.13 Å². The summed E-state index contributed by atoms with van der Waals surface area (Å²) in [6.07, 6.45) is 0. The third-order valence-corrected chi connectivity index (χ3v) is 5.12. The maximum Gasteiger partial charge on any atom is 0.247 e. The van der Waals surface area contributed by atoms with Crippen LogP contribution in [-0.4, -0.2) is 40.7 Å². The van der Waals surface area contributed by atoms with Gasteiger partial charge in [0.05, 0.1) is 12.4 Å². The summed E-state index contributed by atoms with van der Waals surface area (Å²) in [6.45, 7) is 1.32. The van der Waals surface area contributed by atoms with Crippen LogP contribution in [0.3, 0.4) is 0 Å². The second-order valence-electron chi connectivity index (χ2n) is 4.59. The third-order valence-electron chi connectivity index (χ3n) is 2.87. The van der Waals surface area contributed by atoms with Crippen molar-refractivity contribution in [3.63, 3.8) is 0 Å². The number of benzene rings is 1. The molecule has 1 N–H and O–H groups in total. The molecule has 0 radical (unpaired) electrons. The van der Waals surface area contributed by atoms with Gasteiger partial charge in [-0.2, -0.15) is 0 Å². The predicted molar refractivity (Wildman–Crippen MR) is 94.6 cm³/mol. The highest BCUT2D eigenvalue weighted by Crippen LogP contribution is 2.29. The smallest absolute Gasteiger partial charge is 0.247 e. The third kappa shape index (κ3) is 4.67. The molecule has 1 aromatic carbocycles. The average Bonchev–Trinajstić information content (AvgIpc) is 3.23. The minimum Gasteiger partial charge on any atom is -0.420 e. The lowest BCUT2D eigenvalue weighted by molar-refractivity contribution is 0.211. The molecule has 0 fully saturated rings. The summed E-state index contributed by atoms with van der Waals surface area (Å²) in [4.78, 5) is 0. The Kier molecular flexibility index (Phi) is 6.02. The molecular weight excluding hydrogens is 370 g/mol. The van der Waals surface area contributed by atoms with E-state index in [1.54, 1.807) is 19.2 Å². The number of ether oxygens (including phenoxy) is 1. The van der Waals surface area contributed by atoms with E-state index in [1.807, 2.05) is 12.1 Å². The lowest BCUT2D eigenvalue weighted by Crippen LogP contribution is -2.06. The SMILES string of the molecule is COCCNc1nnc(SCc2nnc(-c3ccc(Cl)cc3)o2)s1. The van der Waals surface area contributed by atoms with Gasteiger partial charge < -0.3 is 14.5 Å². The topological polar surface area (TPSA) is 86.0 Å². The molecule has 3 rings (SSSR count). The molecule has 0 saturated carbocycles. The molecule has 0 unspecified atom stereocenters. The molecule has 2 heterocycles. The molecule has 0 atom stereocenters. The molecule has 0 bridgehead atoms. The van der Waals surface area contributed by atoms with Crippen molar-refractivity contribution in [2.24, 2.45) is 0 Å². The van der Waals surface area contributed by atoms with E-state index in [1.165, 1.54) is 23.1 Å². The Hall–Kier alpha value is -1.68. The standard InChI is InChI=1S/C14H14ClN5O2S2/c1-21-7-6-16-13-19-20-14(24-13)23-8-11-17-18-12(22-11)9-2-4-10(15)5-3-9/h2-5H,6-8H2,1H3,(H,16,19). The second-order valence-corrected chi connectivity index (χ2v) is 7.23. The summed E-state index contributed by atoms with van der Waals surface area (Å²) in [5, 5.41) is 20.8.